The van der Waals surface area contributed by atoms with E-state index < -0.39 is 0 Å². The molecule has 0 aromatic carbocycles. The van der Waals surface area contributed by atoms with Crippen LogP contribution in [0, 0.1) is 11.8 Å². The first-order valence-electron chi connectivity index (χ1n) is 8.35. The van der Waals surface area contributed by atoms with Crippen LogP contribution < -0.4 is 5.73 Å². The largest absolute Gasteiger partial charge is 0.339 e. The Morgan fingerprint density at radius 1 is 1.10 bits per heavy atom. The molecule has 3 saturated heterocycles. The van der Waals surface area contributed by atoms with E-state index in [2.05, 4.69) is 15.0 Å². The first-order valence-corrected chi connectivity index (χ1v) is 8.35. The SMILES string of the molecule is NC1C2CCC(C2)C1c1nc(C2CN3CCN2CC3)no1. The molecule has 6 rings (SSSR count). The fraction of sp³-hybridized carbons (Fsp3) is 0.867. The summed E-state index contributed by atoms with van der Waals surface area (Å²) in [6.07, 6.45) is 3.83. The lowest BCUT2D eigenvalue weighted by Crippen LogP contribution is -2.57. The summed E-state index contributed by atoms with van der Waals surface area (Å²) in [4.78, 5) is 9.78. The summed E-state index contributed by atoms with van der Waals surface area (Å²) in [5, 5.41) is 4.31. The molecule has 3 aliphatic heterocycles. The van der Waals surface area contributed by atoms with Gasteiger partial charge in [0, 0.05) is 38.8 Å². The van der Waals surface area contributed by atoms with Gasteiger partial charge in [0.15, 0.2) is 5.82 Å². The Morgan fingerprint density at radius 2 is 1.90 bits per heavy atom. The van der Waals surface area contributed by atoms with E-state index in [0.717, 1.165) is 31.3 Å². The van der Waals surface area contributed by atoms with E-state index >= 15 is 0 Å². The smallest absolute Gasteiger partial charge is 0.231 e. The van der Waals surface area contributed by atoms with Crippen LogP contribution >= 0.6 is 0 Å². The molecule has 21 heavy (non-hydrogen) atoms. The Balaban J connectivity index is 1.40. The molecule has 2 N–H and O–H groups in total. The highest BCUT2D eigenvalue weighted by molar-refractivity contribution is 5.13. The van der Waals surface area contributed by atoms with Crippen LogP contribution in [0.3, 0.4) is 0 Å². The molecule has 0 radical (unpaired) electrons. The minimum absolute atomic E-state index is 0.226. The summed E-state index contributed by atoms with van der Waals surface area (Å²) < 4.78 is 5.65. The van der Waals surface area contributed by atoms with Gasteiger partial charge < -0.3 is 10.3 Å². The molecular formula is C15H23N5O. The van der Waals surface area contributed by atoms with Gasteiger partial charge in [-0.15, -0.1) is 0 Å². The van der Waals surface area contributed by atoms with Gasteiger partial charge in [-0.25, -0.2) is 0 Å². The molecule has 0 spiro atoms. The highest BCUT2D eigenvalue weighted by Crippen LogP contribution is 2.51. The molecule has 114 valence electrons. The zero-order valence-corrected chi connectivity index (χ0v) is 12.3. The number of aromatic nitrogens is 2. The summed E-state index contributed by atoms with van der Waals surface area (Å²) in [5.41, 5.74) is 6.40. The third-order valence-corrected chi connectivity index (χ3v) is 6.30. The van der Waals surface area contributed by atoms with Gasteiger partial charge in [0.1, 0.15) is 0 Å². The van der Waals surface area contributed by atoms with Gasteiger partial charge in [-0.1, -0.05) is 5.16 Å². The van der Waals surface area contributed by atoms with Crippen molar-refractivity contribution in [3.63, 3.8) is 0 Å². The summed E-state index contributed by atoms with van der Waals surface area (Å²) in [5.74, 6) is 3.34. The Morgan fingerprint density at radius 3 is 2.57 bits per heavy atom. The van der Waals surface area contributed by atoms with E-state index in [4.69, 9.17) is 15.2 Å². The lowest BCUT2D eigenvalue weighted by Gasteiger charge is -2.46. The average molecular weight is 289 g/mol. The quantitative estimate of drug-likeness (QED) is 0.859. The number of nitrogens with zero attached hydrogens (tertiary/aromatic N) is 4. The summed E-state index contributed by atoms with van der Waals surface area (Å²) in [7, 11) is 0. The Labute approximate surface area is 124 Å². The minimum Gasteiger partial charge on any atom is -0.339 e. The molecule has 4 heterocycles. The summed E-state index contributed by atoms with van der Waals surface area (Å²) in [6.45, 7) is 5.66. The van der Waals surface area contributed by atoms with E-state index in [0.29, 0.717) is 23.8 Å². The molecular weight excluding hydrogens is 266 g/mol. The second-order valence-electron chi connectivity index (χ2n) is 7.28. The van der Waals surface area contributed by atoms with Gasteiger partial charge in [-0.3, -0.25) is 9.80 Å². The molecule has 5 unspecified atom stereocenters. The molecule has 4 bridgehead atoms. The maximum Gasteiger partial charge on any atom is 0.231 e. The summed E-state index contributed by atoms with van der Waals surface area (Å²) >= 11 is 0. The number of fused-ring (bicyclic) bond motifs is 5. The van der Waals surface area contributed by atoms with E-state index in [1.165, 1.54) is 32.4 Å². The fourth-order valence-corrected chi connectivity index (χ4v) is 5.08. The zero-order valence-electron chi connectivity index (χ0n) is 12.3. The highest BCUT2D eigenvalue weighted by Gasteiger charge is 2.49. The monoisotopic (exact) mass is 289 g/mol. The minimum atomic E-state index is 0.226. The first-order chi connectivity index (χ1) is 10.3. The van der Waals surface area contributed by atoms with Crippen LogP contribution in [0.2, 0.25) is 0 Å². The van der Waals surface area contributed by atoms with Gasteiger partial charge in [-0.2, -0.15) is 4.98 Å². The van der Waals surface area contributed by atoms with Crippen LogP contribution in [0.15, 0.2) is 4.52 Å². The maximum absolute atomic E-state index is 6.40. The van der Waals surface area contributed by atoms with Crippen LogP contribution in [-0.4, -0.2) is 58.7 Å². The van der Waals surface area contributed by atoms with Crippen molar-refractivity contribution in [1.82, 2.24) is 19.9 Å². The highest BCUT2D eigenvalue weighted by atomic mass is 16.5. The standard InChI is InChI=1S/C15H23N5O/c16-13-10-2-1-9(7-10)12(13)15-17-14(18-21-15)11-8-19-3-5-20(11)6-4-19/h9-13H,1-8,16H2. The molecule has 2 aliphatic carbocycles. The van der Waals surface area contributed by atoms with E-state index in [9.17, 15) is 0 Å². The lowest BCUT2D eigenvalue weighted by molar-refractivity contribution is 0.00781. The zero-order chi connectivity index (χ0) is 14.0. The number of hydrogen-bond acceptors (Lipinski definition) is 6. The Bertz CT molecular complexity index is 536. The number of piperazine rings is 3. The third-order valence-electron chi connectivity index (χ3n) is 6.30. The molecule has 5 atom stereocenters. The molecule has 1 aromatic heterocycles. The molecule has 5 aliphatic rings. The van der Waals surface area contributed by atoms with Gasteiger partial charge in [0.2, 0.25) is 5.89 Å². The molecule has 2 saturated carbocycles. The van der Waals surface area contributed by atoms with E-state index in [-0.39, 0.29) is 6.04 Å². The molecule has 6 heteroatoms. The van der Waals surface area contributed by atoms with Crippen LogP contribution in [-0.2, 0) is 0 Å². The third kappa shape index (κ3) is 1.82. The van der Waals surface area contributed by atoms with Crippen LogP contribution in [0.1, 0.15) is 42.9 Å². The van der Waals surface area contributed by atoms with Crippen LogP contribution in [0.5, 0.6) is 0 Å². The second-order valence-corrected chi connectivity index (χ2v) is 7.28. The van der Waals surface area contributed by atoms with Crippen molar-refractivity contribution >= 4 is 0 Å². The Kier molecular flexibility index (Phi) is 2.69. The van der Waals surface area contributed by atoms with Crippen LogP contribution in [0.4, 0.5) is 0 Å². The van der Waals surface area contributed by atoms with Crippen molar-refractivity contribution in [1.29, 1.82) is 0 Å². The van der Waals surface area contributed by atoms with E-state index in [1.54, 1.807) is 0 Å². The second kappa shape index (κ2) is 4.51. The maximum atomic E-state index is 6.40. The van der Waals surface area contributed by atoms with Crippen molar-refractivity contribution in [2.24, 2.45) is 17.6 Å². The average Bonchev–Trinajstić information content (AvgIpc) is 3.23. The predicted molar refractivity (Wildman–Crippen MR) is 76.6 cm³/mol. The molecule has 5 fully saturated rings. The van der Waals surface area contributed by atoms with E-state index in [1.807, 2.05) is 0 Å². The van der Waals surface area contributed by atoms with Crippen LogP contribution in [0.25, 0.3) is 0 Å². The molecule has 6 nitrogen and oxygen atoms in total. The van der Waals surface area contributed by atoms with Crippen molar-refractivity contribution in [3.8, 4) is 0 Å². The first kappa shape index (κ1) is 12.6. The van der Waals surface area contributed by atoms with Gasteiger partial charge >= 0.3 is 0 Å². The van der Waals surface area contributed by atoms with Gasteiger partial charge in [-0.05, 0) is 31.1 Å². The lowest BCUT2D eigenvalue weighted by atomic mass is 9.85. The van der Waals surface area contributed by atoms with Gasteiger partial charge in [0.25, 0.3) is 0 Å². The van der Waals surface area contributed by atoms with Crippen molar-refractivity contribution in [3.05, 3.63) is 11.7 Å². The van der Waals surface area contributed by atoms with Crippen molar-refractivity contribution in [2.45, 2.75) is 37.3 Å². The fourth-order valence-electron chi connectivity index (χ4n) is 5.08. The molecule has 0 amide bonds. The Hall–Kier alpha value is -0.980. The number of rotatable bonds is 2. The summed E-state index contributed by atoms with van der Waals surface area (Å²) in [6, 6.07) is 0.545. The normalized spacial score (nSPS) is 48.1. The molecule has 1 aromatic rings. The predicted octanol–water partition coefficient (Wildman–Crippen LogP) is 0.583. The number of nitrogens with two attached hydrogens (primary N) is 1. The van der Waals surface area contributed by atoms with Crippen molar-refractivity contribution in [2.75, 3.05) is 32.7 Å². The van der Waals surface area contributed by atoms with Gasteiger partial charge in [0.05, 0.1) is 12.0 Å². The van der Waals surface area contributed by atoms with Crippen molar-refractivity contribution < 1.29 is 4.52 Å². The topological polar surface area (TPSA) is 71.4 Å². The number of hydrogen-bond donors (Lipinski definition) is 1.